The van der Waals surface area contributed by atoms with E-state index in [0.29, 0.717) is 12.3 Å². The van der Waals surface area contributed by atoms with E-state index >= 15 is 0 Å². The molecule has 4 heteroatoms. The molecule has 0 radical (unpaired) electrons. The Bertz CT molecular complexity index is 268. The van der Waals surface area contributed by atoms with Crippen molar-refractivity contribution in [3.63, 3.8) is 0 Å². The van der Waals surface area contributed by atoms with Gasteiger partial charge in [-0.05, 0) is 25.2 Å². The normalized spacial score (nSPS) is 41.0. The van der Waals surface area contributed by atoms with Crippen molar-refractivity contribution in [3.05, 3.63) is 0 Å². The molecule has 0 aromatic carbocycles. The SMILES string of the molecule is CC(=O)NC12CC(C1)C(C(=O)O)C2. The van der Waals surface area contributed by atoms with Gasteiger partial charge in [-0.3, -0.25) is 9.59 Å². The molecule has 1 amide bonds. The third-order valence-corrected chi connectivity index (χ3v) is 3.24. The molecular weight excluding hydrogens is 170 g/mol. The van der Waals surface area contributed by atoms with Crippen LogP contribution >= 0.6 is 0 Å². The van der Waals surface area contributed by atoms with Gasteiger partial charge in [0, 0.05) is 12.5 Å². The van der Waals surface area contributed by atoms with Gasteiger partial charge >= 0.3 is 5.97 Å². The molecule has 0 spiro atoms. The minimum Gasteiger partial charge on any atom is -0.481 e. The number of carbonyl (C=O) groups excluding carboxylic acids is 1. The number of fused-ring (bicyclic) bond motifs is 1. The topological polar surface area (TPSA) is 66.4 Å². The number of hydrogen-bond donors (Lipinski definition) is 2. The van der Waals surface area contributed by atoms with E-state index in [4.69, 9.17) is 5.11 Å². The van der Waals surface area contributed by atoms with Crippen LogP contribution in [0.25, 0.3) is 0 Å². The highest BCUT2D eigenvalue weighted by atomic mass is 16.4. The zero-order valence-corrected chi connectivity index (χ0v) is 7.54. The highest BCUT2D eigenvalue weighted by Crippen LogP contribution is 2.55. The predicted octanol–water partition coefficient (Wildman–Crippen LogP) is 0.376. The fraction of sp³-hybridized carbons (Fsp3) is 0.778. The number of aliphatic carboxylic acids is 1. The van der Waals surface area contributed by atoms with Crippen LogP contribution in [0.1, 0.15) is 26.2 Å². The summed E-state index contributed by atoms with van der Waals surface area (Å²) < 4.78 is 0. The van der Waals surface area contributed by atoms with Crippen LogP contribution in [0.3, 0.4) is 0 Å². The molecule has 0 aromatic heterocycles. The number of carboxylic acids is 1. The molecule has 4 nitrogen and oxygen atoms in total. The van der Waals surface area contributed by atoms with Gasteiger partial charge in [-0.1, -0.05) is 0 Å². The van der Waals surface area contributed by atoms with Gasteiger partial charge in [0.2, 0.25) is 5.91 Å². The third kappa shape index (κ3) is 1.20. The lowest BCUT2D eigenvalue weighted by molar-refractivity contribution is -0.142. The average molecular weight is 183 g/mol. The summed E-state index contributed by atoms with van der Waals surface area (Å²) in [6.07, 6.45) is 2.32. The van der Waals surface area contributed by atoms with Gasteiger partial charge in [0.15, 0.2) is 0 Å². The van der Waals surface area contributed by atoms with Crippen molar-refractivity contribution >= 4 is 11.9 Å². The number of amides is 1. The second-order valence-electron chi connectivity index (χ2n) is 4.28. The molecule has 3 aliphatic carbocycles. The summed E-state index contributed by atoms with van der Waals surface area (Å²) >= 11 is 0. The summed E-state index contributed by atoms with van der Waals surface area (Å²) in [5, 5.41) is 11.7. The molecule has 0 aliphatic heterocycles. The predicted molar refractivity (Wildman–Crippen MR) is 45.0 cm³/mol. The molecule has 3 rings (SSSR count). The van der Waals surface area contributed by atoms with E-state index < -0.39 is 5.97 Å². The molecule has 3 fully saturated rings. The quantitative estimate of drug-likeness (QED) is 0.650. The van der Waals surface area contributed by atoms with Crippen molar-refractivity contribution < 1.29 is 14.7 Å². The highest BCUT2D eigenvalue weighted by Gasteiger charge is 2.58. The molecule has 3 aliphatic rings. The van der Waals surface area contributed by atoms with Crippen LogP contribution in [0.4, 0.5) is 0 Å². The maximum Gasteiger partial charge on any atom is 0.306 e. The van der Waals surface area contributed by atoms with Crippen LogP contribution in [0, 0.1) is 11.8 Å². The fourth-order valence-corrected chi connectivity index (χ4v) is 2.80. The molecule has 1 unspecified atom stereocenters. The number of hydrogen-bond acceptors (Lipinski definition) is 2. The standard InChI is InChI=1S/C9H13NO3/c1-5(11)10-9-2-6(3-9)7(4-9)8(12)13/h6-7H,2-4H2,1H3,(H,10,11)(H,12,13). The zero-order valence-electron chi connectivity index (χ0n) is 7.54. The monoisotopic (exact) mass is 183 g/mol. The van der Waals surface area contributed by atoms with E-state index in [0.717, 1.165) is 12.8 Å². The van der Waals surface area contributed by atoms with E-state index in [1.165, 1.54) is 6.92 Å². The van der Waals surface area contributed by atoms with Crippen molar-refractivity contribution in [1.82, 2.24) is 5.32 Å². The summed E-state index contributed by atoms with van der Waals surface area (Å²) in [4.78, 5) is 21.6. The maximum absolute atomic E-state index is 10.8. The molecule has 0 aromatic rings. The minimum absolute atomic E-state index is 0.0514. The van der Waals surface area contributed by atoms with Gasteiger partial charge in [0.25, 0.3) is 0 Å². The summed E-state index contributed by atoms with van der Waals surface area (Å²) in [5.74, 6) is -0.699. The van der Waals surface area contributed by atoms with Crippen LogP contribution < -0.4 is 5.32 Å². The zero-order chi connectivity index (χ0) is 9.64. The lowest BCUT2D eigenvalue weighted by Gasteiger charge is -2.38. The maximum atomic E-state index is 10.8. The molecule has 3 saturated carbocycles. The summed E-state index contributed by atoms with van der Waals surface area (Å²) in [7, 11) is 0. The van der Waals surface area contributed by atoms with Gasteiger partial charge in [0.1, 0.15) is 0 Å². The van der Waals surface area contributed by atoms with Crippen molar-refractivity contribution in [2.45, 2.75) is 31.7 Å². The van der Waals surface area contributed by atoms with Crippen LogP contribution in [0.5, 0.6) is 0 Å². The molecule has 2 bridgehead atoms. The first-order valence-corrected chi connectivity index (χ1v) is 4.54. The van der Waals surface area contributed by atoms with Crippen LogP contribution in [-0.2, 0) is 9.59 Å². The number of carboxylic acid groups (broad SMARTS) is 1. The molecule has 2 N–H and O–H groups in total. The van der Waals surface area contributed by atoms with Crippen LogP contribution in [0.15, 0.2) is 0 Å². The first-order chi connectivity index (χ1) is 6.02. The van der Waals surface area contributed by atoms with Gasteiger partial charge in [-0.2, -0.15) is 0 Å². The lowest BCUT2D eigenvalue weighted by Crippen LogP contribution is -2.51. The van der Waals surface area contributed by atoms with Crippen molar-refractivity contribution in [1.29, 1.82) is 0 Å². The molecule has 72 valence electrons. The number of rotatable bonds is 2. The Hall–Kier alpha value is -1.06. The van der Waals surface area contributed by atoms with Crippen molar-refractivity contribution in [2.75, 3.05) is 0 Å². The van der Waals surface area contributed by atoms with E-state index in [9.17, 15) is 9.59 Å². The first-order valence-electron chi connectivity index (χ1n) is 4.54. The second kappa shape index (κ2) is 2.47. The van der Waals surface area contributed by atoms with Crippen LogP contribution in [-0.4, -0.2) is 22.5 Å². The highest BCUT2D eigenvalue weighted by molar-refractivity contribution is 5.76. The van der Waals surface area contributed by atoms with Crippen molar-refractivity contribution in [3.8, 4) is 0 Å². The van der Waals surface area contributed by atoms with Gasteiger partial charge in [0.05, 0.1) is 5.92 Å². The van der Waals surface area contributed by atoms with E-state index in [1.807, 2.05) is 0 Å². The Morgan fingerprint density at radius 1 is 1.38 bits per heavy atom. The number of carbonyl (C=O) groups is 2. The summed E-state index contributed by atoms with van der Waals surface area (Å²) in [6, 6.07) is 0. The van der Waals surface area contributed by atoms with Crippen molar-refractivity contribution in [2.24, 2.45) is 11.8 Å². The number of nitrogens with one attached hydrogen (secondary N) is 1. The van der Waals surface area contributed by atoms with E-state index in [1.54, 1.807) is 0 Å². The van der Waals surface area contributed by atoms with Gasteiger partial charge < -0.3 is 10.4 Å². The fourth-order valence-electron chi connectivity index (χ4n) is 2.80. The van der Waals surface area contributed by atoms with E-state index in [2.05, 4.69) is 5.32 Å². The van der Waals surface area contributed by atoms with E-state index in [-0.39, 0.29) is 17.4 Å². The second-order valence-corrected chi connectivity index (χ2v) is 4.28. The summed E-state index contributed by atoms with van der Waals surface area (Å²) in [6.45, 7) is 1.48. The average Bonchev–Trinajstić information content (AvgIpc) is 2.38. The molecular formula is C9H13NO3. The van der Waals surface area contributed by atoms with Gasteiger partial charge in [-0.15, -0.1) is 0 Å². The Morgan fingerprint density at radius 2 is 2.00 bits per heavy atom. The van der Waals surface area contributed by atoms with Crippen LogP contribution in [0.2, 0.25) is 0 Å². The first kappa shape index (κ1) is 8.53. The Balaban J connectivity index is 2.02. The minimum atomic E-state index is -0.713. The molecule has 1 atom stereocenters. The van der Waals surface area contributed by atoms with Gasteiger partial charge in [-0.25, -0.2) is 0 Å². The Labute approximate surface area is 76.3 Å². The smallest absolute Gasteiger partial charge is 0.306 e. The molecule has 0 heterocycles. The lowest BCUT2D eigenvalue weighted by atomic mass is 9.76. The molecule has 13 heavy (non-hydrogen) atoms. The Morgan fingerprint density at radius 3 is 2.38 bits per heavy atom. The third-order valence-electron chi connectivity index (χ3n) is 3.24. The largest absolute Gasteiger partial charge is 0.481 e. The Kier molecular flexibility index (Phi) is 1.62. The molecule has 0 saturated heterocycles. The summed E-state index contributed by atoms with van der Waals surface area (Å²) in [5.41, 5.74) is -0.167.